The maximum Gasteiger partial charge on any atom is 0.415 e. The van der Waals surface area contributed by atoms with Crippen molar-refractivity contribution >= 4 is 27.7 Å². The van der Waals surface area contributed by atoms with Gasteiger partial charge in [0.25, 0.3) is 0 Å². The number of fused-ring (bicyclic) bond motifs is 1. The van der Waals surface area contributed by atoms with E-state index in [1.54, 1.807) is 23.1 Å². The first-order valence-electron chi connectivity index (χ1n) is 6.31. The second kappa shape index (κ2) is 5.26. The SMILES string of the molecule is CN1CCN(C(=O)Oc2ccc3sc(=O)oc3c2)CC1. The van der Waals surface area contributed by atoms with Crippen molar-refractivity contribution in [3.8, 4) is 5.75 Å². The van der Waals surface area contributed by atoms with E-state index in [9.17, 15) is 9.59 Å². The number of likely N-dealkylation sites (N-methyl/N-ethyl adjacent to an activating group) is 1. The van der Waals surface area contributed by atoms with Crippen LogP contribution in [0.5, 0.6) is 5.75 Å². The molecule has 6 nitrogen and oxygen atoms in total. The van der Waals surface area contributed by atoms with Gasteiger partial charge in [-0.2, -0.15) is 0 Å². The van der Waals surface area contributed by atoms with E-state index in [0.29, 0.717) is 24.4 Å². The molecule has 0 spiro atoms. The molecule has 1 aromatic carbocycles. The first-order chi connectivity index (χ1) is 9.61. The van der Waals surface area contributed by atoms with E-state index in [2.05, 4.69) is 4.90 Å². The monoisotopic (exact) mass is 294 g/mol. The fourth-order valence-electron chi connectivity index (χ4n) is 2.07. The molecule has 1 amide bonds. The molecule has 20 heavy (non-hydrogen) atoms. The smallest absolute Gasteiger partial charge is 0.414 e. The predicted octanol–water partition coefficient (Wildman–Crippen LogP) is 1.60. The molecule has 106 valence electrons. The second-order valence-electron chi connectivity index (χ2n) is 4.72. The van der Waals surface area contributed by atoms with Gasteiger partial charge in [0.15, 0.2) is 5.58 Å². The Balaban J connectivity index is 1.72. The first-order valence-corrected chi connectivity index (χ1v) is 7.12. The average molecular weight is 294 g/mol. The lowest BCUT2D eigenvalue weighted by Crippen LogP contribution is -2.48. The summed E-state index contributed by atoms with van der Waals surface area (Å²) in [6.07, 6.45) is -0.366. The fraction of sp³-hybridized carbons (Fsp3) is 0.385. The Hall–Kier alpha value is -1.86. The maximum atomic E-state index is 12.0. The van der Waals surface area contributed by atoms with E-state index in [1.807, 2.05) is 7.05 Å². The molecular formula is C13H14N2O4S. The second-order valence-corrected chi connectivity index (χ2v) is 5.70. The summed E-state index contributed by atoms with van der Waals surface area (Å²) in [6, 6.07) is 4.96. The van der Waals surface area contributed by atoms with Gasteiger partial charge >= 0.3 is 11.0 Å². The quantitative estimate of drug-likeness (QED) is 0.799. The van der Waals surface area contributed by atoms with Gasteiger partial charge in [-0.25, -0.2) is 9.59 Å². The molecule has 7 heteroatoms. The van der Waals surface area contributed by atoms with Gasteiger partial charge in [0, 0.05) is 32.2 Å². The number of ether oxygens (including phenoxy) is 1. The van der Waals surface area contributed by atoms with Crippen LogP contribution >= 0.6 is 11.3 Å². The highest BCUT2D eigenvalue weighted by atomic mass is 32.1. The summed E-state index contributed by atoms with van der Waals surface area (Å²) in [5, 5.41) is 0. The van der Waals surface area contributed by atoms with Crippen LogP contribution in [0.4, 0.5) is 4.79 Å². The standard InChI is InChI=1S/C13H14N2O4S/c1-14-4-6-15(7-5-14)12(16)18-9-2-3-11-10(8-9)19-13(17)20-11/h2-3,8H,4-7H2,1H3. The van der Waals surface area contributed by atoms with Crippen LogP contribution in [0.15, 0.2) is 27.4 Å². The largest absolute Gasteiger partial charge is 0.415 e. The van der Waals surface area contributed by atoms with Crippen LogP contribution in [0.2, 0.25) is 0 Å². The number of amides is 1. The zero-order chi connectivity index (χ0) is 14.1. The third-order valence-corrected chi connectivity index (χ3v) is 4.08. The van der Waals surface area contributed by atoms with Gasteiger partial charge in [-0.05, 0) is 19.2 Å². The van der Waals surface area contributed by atoms with Crippen molar-refractivity contribution in [3.63, 3.8) is 0 Å². The molecule has 1 aromatic heterocycles. The minimum atomic E-state index is -0.366. The zero-order valence-electron chi connectivity index (χ0n) is 11.0. The van der Waals surface area contributed by atoms with Crippen LogP contribution in [-0.2, 0) is 0 Å². The summed E-state index contributed by atoms with van der Waals surface area (Å²) in [5.41, 5.74) is 0.448. The van der Waals surface area contributed by atoms with Gasteiger partial charge in [-0.1, -0.05) is 11.3 Å². The Morgan fingerprint density at radius 3 is 2.80 bits per heavy atom. The topological polar surface area (TPSA) is 63.0 Å². The van der Waals surface area contributed by atoms with Crippen LogP contribution in [0.1, 0.15) is 0 Å². The molecule has 3 rings (SSSR count). The number of carbonyl (C=O) groups is 1. The molecule has 1 fully saturated rings. The lowest BCUT2D eigenvalue weighted by atomic mass is 10.3. The van der Waals surface area contributed by atoms with Crippen molar-refractivity contribution in [1.82, 2.24) is 9.80 Å². The normalized spacial score (nSPS) is 16.6. The summed E-state index contributed by atoms with van der Waals surface area (Å²) >= 11 is 1.03. The third kappa shape index (κ3) is 2.68. The summed E-state index contributed by atoms with van der Waals surface area (Å²) in [6.45, 7) is 3.00. The number of hydrogen-bond donors (Lipinski definition) is 0. The van der Waals surface area contributed by atoms with Gasteiger partial charge in [0.1, 0.15) is 5.75 Å². The van der Waals surface area contributed by atoms with Crippen molar-refractivity contribution < 1.29 is 13.9 Å². The average Bonchev–Trinajstić information content (AvgIpc) is 2.78. The molecule has 1 saturated heterocycles. The molecule has 0 aliphatic carbocycles. The third-order valence-electron chi connectivity index (χ3n) is 3.27. The molecule has 0 N–H and O–H groups in total. The summed E-state index contributed by atoms with van der Waals surface area (Å²) < 4.78 is 11.1. The van der Waals surface area contributed by atoms with Crippen LogP contribution in [0, 0.1) is 0 Å². The Labute approximate surface area is 119 Å². The summed E-state index contributed by atoms with van der Waals surface area (Å²) in [4.78, 5) is 26.6. The van der Waals surface area contributed by atoms with E-state index in [4.69, 9.17) is 9.15 Å². The Kier molecular flexibility index (Phi) is 3.45. The number of nitrogens with zero attached hydrogens (tertiary/aromatic N) is 2. The van der Waals surface area contributed by atoms with Gasteiger partial charge < -0.3 is 19.0 Å². The van der Waals surface area contributed by atoms with E-state index in [1.165, 1.54) is 0 Å². The van der Waals surface area contributed by atoms with E-state index in [0.717, 1.165) is 29.1 Å². The molecule has 0 radical (unpaired) electrons. The van der Waals surface area contributed by atoms with Gasteiger partial charge in [-0.3, -0.25) is 0 Å². The molecule has 2 aromatic rings. The summed E-state index contributed by atoms with van der Waals surface area (Å²) in [7, 11) is 2.02. The molecule has 1 aliphatic rings. The van der Waals surface area contributed by atoms with Crippen molar-refractivity contribution in [3.05, 3.63) is 27.9 Å². The highest BCUT2D eigenvalue weighted by Crippen LogP contribution is 2.23. The van der Waals surface area contributed by atoms with Gasteiger partial charge in [0.2, 0.25) is 0 Å². The lowest BCUT2D eigenvalue weighted by Gasteiger charge is -2.31. The lowest BCUT2D eigenvalue weighted by molar-refractivity contribution is 0.120. The van der Waals surface area contributed by atoms with Crippen LogP contribution < -0.4 is 9.68 Å². The van der Waals surface area contributed by atoms with E-state index >= 15 is 0 Å². The molecule has 0 unspecified atom stereocenters. The predicted molar refractivity (Wildman–Crippen MR) is 75.5 cm³/mol. The molecule has 2 heterocycles. The van der Waals surface area contributed by atoms with Crippen molar-refractivity contribution in [1.29, 1.82) is 0 Å². The highest BCUT2D eigenvalue weighted by Gasteiger charge is 2.20. The first kappa shape index (κ1) is 13.1. The Morgan fingerprint density at radius 2 is 2.05 bits per heavy atom. The minimum Gasteiger partial charge on any atom is -0.414 e. The zero-order valence-corrected chi connectivity index (χ0v) is 11.8. The highest BCUT2D eigenvalue weighted by molar-refractivity contribution is 7.16. The Bertz CT molecular complexity index is 685. The maximum absolute atomic E-state index is 12.0. The molecule has 1 aliphatic heterocycles. The number of piperazine rings is 1. The number of rotatable bonds is 1. The molecule has 0 saturated carbocycles. The molecule has 0 bridgehead atoms. The van der Waals surface area contributed by atoms with Crippen molar-refractivity contribution in [2.75, 3.05) is 33.2 Å². The van der Waals surface area contributed by atoms with E-state index < -0.39 is 0 Å². The number of benzene rings is 1. The van der Waals surface area contributed by atoms with Crippen LogP contribution in [0.25, 0.3) is 10.3 Å². The minimum absolute atomic E-state index is 0.359. The van der Waals surface area contributed by atoms with Crippen molar-refractivity contribution in [2.24, 2.45) is 0 Å². The number of hydrogen-bond acceptors (Lipinski definition) is 6. The molecular weight excluding hydrogens is 280 g/mol. The van der Waals surface area contributed by atoms with Gasteiger partial charge in [0.05, 0.1) is 4.70 Å². The molecule has 0 atom stereocenters. The van der Waals surface area contributed by atoms with Crippen molar-refractivity contribution in [2.45, 2.75) is 0 Å². The fourth-order valence-corrected chi connectivity index (χ4v) is 2.72. The van der Waals surface area contributed by atoms with Crippen LogP contribution in [0.3, 0.4) is 0 Å². The summed E-state index contributed by atoms with van der Waals surface area (Å²) in [5.74, 6) is 0.392. The van der Waals surface area contributed by atoms with E-state index in [-0.39, 0.29) is 11.0 Å². The van der Waals surface area contributed by atoms with Gasteiger partial charge in [-0.15, -0.1) is 0 Å². The van der Waals surface area contributed by atoms with Crippen LogP contribution in [-0.4, -0.2) is 49.1 Å². The Morgan fingerprint density at radius 1 is 1.30 bits per heavy atom. The number of carbonyl (C=O) groups excluding carboxylic acids is 1.